The minimum Gasteiger partial charge on any atom is -0.479 e. The van der Waals surface area contributed by atoms with Crippen LogP contribution in [0.25, 0.3) is 0 Å². The number of carbonyl (C=O) groups is 3. The average molecular weight is 480 g/mol. The number of carboxylic acids is 1. The third kappa shape index (κ3) is 4.16. The number of benzene rings is 2. The number of fused-ring (bicyclic) bond motifs is 2. The van der Waals surface area contributed by atoms with Crippen molar-refractivity contribution in [2.45, 2.75) is 70.2 Å². The van der Waals surface area contributed by atoms with E-state index in [2.05, 4.69) is 0 Å². The SMILES string of the molecule is C[C@H](OC(=O)N(C1CC1)[N@@+]1(C(=O)OCc2ccccc2)c2ccccc2C[C@H]2CCC[C@H]21)C(=O)O. The van der Waals surface area contributed by atoms with E-state index in [1.54, 1.807) is 0 Å². The van der Waals surface area contributed by atoms with Gasteiger partial charge in [-0.25, -0.2) is 9.59 Å². The maximum absolute atomic E-state index is 14.3. The predicted molar refractivity (Wildman–Crippen MR) is 128 cm³/mol. The Labute approximate surface area is 204 Å². The highest BCUT2D eigenvalue weighted by molar-refractivity contribution is 5.89. The Morgan fingerprint density at radius 3 is 2.46 bits per heavy atom. The van der Waals surface area contributed by atoms with Gasteiger partial charge in [-0.3, -0.25) is 0 Å². The zero-order chi connectivity index (χ0) is 24.6. The zero-order valence-corrected chi connectivity index (χ0v) is 19.8. The average Bonchev–Trinajstić information content (AvgIpc) is 3.58. The number of quaternary nitrogens is 1. The van der Waals surface area contributed by atoms with Crippen LogP contribution in [-0.4, -0.2) is 46.5 Å². The predicted octanol–water partition coefficient (Wildman–Crippen LogP) is 5.04. The standard InChI is InChI=1S/C27H30N2O6/c1-18(25(30)31)35-26(32)28(22-14-15-22)29(27(33)34-17-19-8-3-2-4-9-19)23-12-6-5-10-20(23)16-21-11-7-13-24(21)29/h2-6,8-10,12,18,21-22,24H,7,11,13-17H2,1H3/p+1/t18-,21+,24+,29-/m0/s1. The molecule has 35 heavy (non-hydrogen) atoms. The number of para-hydroxylation sites is 1. The molecule has 0 radical (unpaired) electrons. The van der Waals surface area contributed by atoms with Crippen molar-refractivity contribution in [3.8, 4) is 0 Å². The lowest BCUT2D eigenvalue weighted by atomic mass is 9.86. The van der Waals surface area contributed by atoms with Crippen molar-refractivity contribution in [2.75, 3.05) is 0 Å². The number of rotatable bonds is 5. The van der Waals surface area contributed by atoms with Crippen LogP contribution in [0.4, 0.5) is 15.3 Å². The van der Waals surface area contributed by atoms with Gasteiger partial charge in [-0.2, -0.15) is 4.79 Å². The lowest BCUT2D eigenvalue weighted by Crippen LogP contribution is -2.74. The van der Waals surface area contributed by atoms with Crippen LogP contribution in [0, 0.1) is 5.92 Å². The van der Waals surface area contributed by atoms with Crippen LogP contribution < -0.4 is 4.59 Å². The van der Waals surface area contributed by atoms with E-state index in [-0.39, 0.29) is 29.2 Å². The Hall–Kier alpha value is -3.39. The van der Waals surface area contributed by atoms with Gasteiger partial charge in [-0.05, 0) is 44.6 Å². The van der Waals surface area contributed by atoms with E-state index in [1.165, 1.54) is 11.9 Å². The molecular weight excluding hydrogens is 448 g/mol. The van der Waals surface area contributed by atoms with Crippen LogP contribution in [0.1, 0.15) is 50.2 Å². The zero-order valence-electron chi connectivity index (χ0n) is 19.8. The van der Waals surface area contributed by atoms with Gasteiger partial charge in [0.2, 0.25) is 0 Å². The summed E-state index contributed by atoms with van der Waals surface area (Å²) in [6, 6.07) is 16.8. The second-order valence-corrected chi connectivity index (χ2v) is 9.76. The van der Waals surface area contributed by atoms with Gasteiger partial charge in [0, 0.05) is 24.0 Å². The monoisotopic (exact) mass is 479 g/mol. The van der Waals surface area contributed by atoms with E-state index in [1.807, 2.05) is 54.6 Å². The van der Waals surface area contributed by atoms with E-state index in [0.29, 0.717) is 0 Å². The lowest BCUT2D eigenvalue weighted by molar-refractivity contribution is -0.147. The fourth-order valence-corrected chi connectivity index (χ4v) is 5.75. The molecule has 0 bridgehead atoms. The molecular formula is C27H31N2O6+. The molecule has 0 unspecified atom stereocenters. The molecule has 2 aromatic carbocycles. The van der Waals surface area contributed by atoms with Crippen LogP contribution in [-0.2, 0) is 27.3 Å². The summed E-state index contributed by atoms with van der Waals surface area (Å²) in [4.78, 5) is 39.4. The van der Waals surface area contributed by atoms with E-state index in [9.17, 15) is 19.5 Å². The summed E-state index contributed by atoms with van der Waals surface area (Å²) in [5.74, 6) is -1.02. The van der Waals surface area contributed by atoms with Crippen molar-refractivity contribution in [3.05, 3.63) is 65.7 Å². The fourth-order valence-electron chi connectivity index (χ4n) is 5.75. The smallest absolute Gasteiger partial charge is 0.479 e. The van der Waals surface area contributed by atoms with Crippen molar-refractivity contribution < 1.29 is 29.0 Å². The number of carbonyl (C=O) groups excluding carboxylic acids is 2. The van der Waals surface area contributed by atoms with E-state index in [0.717, 1.165) is 55.3 Å². The van der Waals surface area contributed by atoms with Crippen LogP contribution in [0.2, 0.25) is 0 Å². The summed E-state index contributed by atoms with van der Waals surface area (Å²) in [6.45, 7) is 1.41. The molecule has 8 nitrogen and oxygen atoms in total. The Kier molecular flexibility index (Phi) is 6.23. The highest BCUT2D eigenvalue weighted by atomic mass is 16.6. The highest BCUT2D eigenvalue weighted by Crippen LogP contribution is 2.51. The van der Waals surface area contributed by atoms with E-state index < -0.39 is 24.3 Å². The summed E-state index contributed by atoms with van der Waals surface area (Å²) in [6.07, 6.45) is 2.33. The molecule has 1 N–H and O–H groups in total. The van der Waals surface area contributed by atoms with Gasteiger partial charge < -0.3 is 14.6 Å². The van der Waals surface area contributed by atoms with Gasteiger partial charge in [0.05, 0.1) is 6.04 Å². The van der Waals surface area contributed by atoms with Gasteiger partial charge in [-0.15, -0.1) is 5.01 Å². The van der Waals surface area contributed by atoms with Gasteiger partial charge in [0.15, 0.2) is 11.8 Å². The molecule has 2 amide bonds. The van der Waals surface area contributed by atoms with Gasteiger partial charge in [0.25, 0.3) is 0 Å². The molecule has 0 spiro atoms. The van der Waals surface area contributed by atoms with Crippen LogP contribution in [0.3, 0.4) is 0 Å². The third-order valence-corrected chi connectivity index (χ3v) is 7.47. The first kappa shape index (κ1) is 23.4. The Morgan fingerprint density at radius 1 is 1.03 bits per heavy atom. The van der Waals surface area contributed by atoms with Crippen molar-refractivity contribution in [3.63, 3.8) is 0 Å². The molecule has 3 aliphatic rings. The third-order valence-electron chi connectivity index (χ3n) is 7.47. The number of ether oxygens (including phenoxy) is 2. The number of nitrogens with zero attached hydrogens (tertiary/aromatic N) is 2. The first-order chi connectivity index (χ1) is 16.9. The van der Waals surface area contributed by atoms with E-state index >= 15 is 0 Å². The Morgan fingerprint density at radius 2 is 1.74 bits per heavy atom. The maximum Gasteiger partial charge on any atom is 0.547 e. The first-order valence-corrected chi connectivity index (χ1v) is 12.3. The highest BCUT2D eigenvalue weighted by Gasteiger charge is 2.65. The fraction of sp³-hybridized carbons (Fsp3) is 0.444. The molecule has 1 aliphatic heterocycles. The normalized spacial score (nSPS) is 25.6. The molecule has 1 heterocycles. The van der Waals surface area contributed by atoms with Crippen molar-refractivity contribution in [2.24, 2.45) is 5.92 Å². The number of hydrogen-bond acceptors (Lipinski definition) is 5. The second-order valence-electron chi connectivity index (χ2n) is 9.76. The first-order valence-electron chi connectivity index (χ1n) is 12.3. The minimum atomic E-state index is -1.33. The lowest BCUT2D eigenvalue weighted by Gasteiger charge is -2.49. The van der Waals surface area contributed by atoms with Crippen LogP contribution in [0.5, 0.6) is 0 Å². The van der Waals surface area contributed by atoms with Crippen molar-refractivity contribution in [1.82, 2.24) is 9.60 Å². The van der Waals surface area contributed by atoms with Gasteiger partial charge in [-0.1, -0.05) is 53.1 Å². The topological polar surface area (TPSA) is 93.1 Å². The number of amides is 2. The summed E-state index contributed by atoms with van der Waals surface area (Å²) in [5, 5.41) is 10.9. The summed E-state index contributed by atoms with van der Waals surface area (Å²) in [5.41, 5.74) is 2.59. The molecule has 2 fully saturated rings. The van der Waals surface area contributed by atoms with E-state index in [4.69, 9.17) is 9.47 Å². The Balaban J connectivity index is 1.62. The van der Waals surface area contributed by atoms with Gasteiger partial charge in [0.1, 0.15) is 12.6 Å². The largest absolute Gasteiger partial charge is 0.547 e. The van der Waals surface area contributed by atoms with Crippen molar-refractivity contribution >= 4 is 23.8 Å². The molecule has 184 valence electrons. The number of hydrogen-bond donors (Lipinski definition) is 1. The molecule has 4 atom stereocenters. The number of carboxylic acid groups (broad SMARTS) is 1. The molecule has 0 saturated heterocycles. The molecule has 2 aliphatic carbocycles. The molecule has 5 rings (SSSR count). The van der Waals surface area contributed by atoms with Gasteiger partial charge >= 0.3 is 18.2 Å². The van der Waals surface area contributed by atoms with Crippen LogP contribution >= 0.6 is 0 Å². The molecule has 0 aromatic heterocycles. The molecule has 2 aromatic rings. The summed E-state index contributed by atoms with van der Waals surface area (Å²) >= 11 is 0. The summed E-state index contributed by atoms with van der Waals surface area (Å²) < 4.78 is 11.0. The Bertz CT molecular complexity index is 1120. The van der Waals surface area contributed by atoms with Crippen molar-refractivity contribution in [1.29, 1.82) is 0 Å². The quantitative estimate of drug-likeness (QED) is 0.604. The maximum atomic E-state index is 14.3. The van der Waals surface area contributed by atoms with Crippen LogP contribution in [0.15, 0.2) is 54.6 Å². The summed E-state index contributed by atoms with van der Waals surface area (Å²) in [7, 11) is 0. The molecule has 2 saturated carbocycles. The second kappa shape index (κ2) is 9.34. The minimum absolute atomic E-state index is 0.0817. The number of aliphatic carboxylic acids is 1. The molecule has 8 heteroatoms.